The molecule has 3 heterocycles. The van der Waals surface area contributed by atoms with Crippen molar-refractivity contribution in [1.82, 2.24) is 14.5 Å². The van der Waals surface area contributed by atoms with Gasteiger partial charge in [-0.15, -0.1) is 0 Å². The van der Waals surface area contributed by atoms with Crippen molar-refractivity contribution in [3.05, 3.63) is 54.6 Å². The van der Waals surface area contributed by atoms with Gasteiger partial charge in [0.1, 0.15) is 0 Å². The van der Waals surface area contributed by atoms with Crippen LogP contribution < -0.4 is 0 Å². The fraction of sp³-hybridized carbons (Fsp3) is 0.500. The Morgan fingerprint density at radius 2 is 2.00 bits per heavy atom. The van der Waals surface area contributed by atoms with E-state index in [2.05, 4.69) is 26.6 Å². The van der Waals surface area contributed by atoms with E-state index in [1.165, 1.54) is 0 Å². The number of likely N-dealkylation sites (tertiary alicyclic amines) is 1. The molecule has 2 saturated heterocycles. The molecule has 2 aliphatic heterocycles. The minimum Gasteiger partial charge on any atom is -0.381 e. The maximum atomic E-state index is 13.6. The summed E-state index contributed by atoms with van der Waals surface area (Å²) in [7, 11) is 0. The van der Waals surface area contributed by atoms with Gasteiger partial charge in [-0.3, -0.25) is 4.79 Å². The molecule has 132 valence electrons. The lowest BCUT2D eigenvalue weighted by Gasteiger charge is -2.43. The highest BCUT2D eigenvalue weighted by molar-refractivity contribution is 5.88. The van der Waals surface area contributed by atoms with Gasteiger partial charge in [-0.05, 0) is 31.2 Å². The quantitative estimate of drug-likeness (QED) is 0.864. The van der Waals surface area contributed by atoms with Crippen molar-refractivity contribution in [2.24, 2.45) is 0 Å². The van der Waals surface area contributed by atoms with Crippen LogP contribution in [0.3, 0.4) is 0 Å². The SMILES string of the molecule is O=C(N1CCCC(n2ccnc2)C1)C1(c2ccccc2)CCOCC1. The first-order valence-corrected chi connectivity index (χ1v) is 9.20. The third kappa shape index (κ3) is 3.09. The zero-order valence-electron chi connectivity index (χ0n) is 14.5. The number of hydrogen-bond donors (Lipinski definition) is 0. The number of amides is 1. The smallest absolute Gasteiger partial charge is 0.233 e. The largest absolute Gasteiger partial charge is 0.381 e. The van der Waals surface area contributed by atoms with Gasteiger partial charge in [0.05, 0.1) is 17.8 Å². The van der Waals surface area contributed by atoms with E-state index in [9.17, 15) is 4.79 Å². The van der Waals surface area contributed by atoms with Crippen molar-refractivity contribution in [1.29, 1.82) is 0 Å². The molecule has 0 spiro atoms. The Morgan fingerprint density at radius 1 is 1.20 bits per heavy atom. The molecule has 0 bridgehead atoms. The molecule has 1 unspecified atom stereocenters. The van der Waals surface area contributed by atoms with Crippen molar-refractivity contribution < 1.29 is 9.53 Å². The van der Waals surface area contributed by atoms with Gasteiger partial charge in [0.15, 0.2) is 0 Å². The lowest BCUT2D eigenvalue weighted by atomic mass is 9.72. The van der Waals surface area contributed by atoms with Gasteiger partial charge in [0.25, 0.3) is 0 Å². The molecule has 0 aliphatic carbocycles. The molecule has 1 amide bonds. The van der Waals surface area contributed by atoms with Gasteiger partial charge >= 0.3 is 0 Å². The fourth-order valence-electron chi connectivity index (χ4n) is 4.27. The maximum Gasteiger partial charge on any atom is 0.233 e. The lowest BCUT2D eigenvalue weighted by molar-refractivity contribution is -0.143. The van der Waals surface area contributed by atoms with Crippen LogP contribution >= 0.6 is 0 Å². The number of imidazole rings is 1. The molecule has 1 atom stereocenters. The highest BCUT2D eigenvalue weighted by Crippen LogP contribution is 2.38. The molecule has 5 nitrogen and oxygen atoms in total. The van der Waals surface area contributed by atoms with Gasteiger partial charge in [-0.2, -0.15) is 0 Å². The molecule has 2 fully saturated rings. The zero-order chi connectivity index (χ0) is 17.1. The van der Waals surface area contributed by atoms with E-state index in [4.69, 9.17) is 4.74 Å². The minimum absolute atomic E-state index is 0.270. The summed E-state index contributed by atoms with van der Waals surface area (Å²) in [6.07, 6.45) is 9.34. The second-order valence-corrected chi connectivity index (χ2v) is 7.12. The number of aromatic nitrogens is 2. The second-order valence-electron chi connectivity index (χ2n) is 7.12. The first-order chi connectivity index (χ1) is 12.3. The molecule has 4 rings (SSSR count). The first-order valence-electron chi connectivity index (χ1n) is 9.20. The number of nitrogens with zero attached hydrogens (tertiary/aromatic N) is 3. The monoisotopic (exact) mass is 339 g/mol. The maximum absolute atomic E-state index is 13.6. The van der Waals surface area contributed by atoms with Crippen LogP contribution in [-0.2, 0) is 14.9 Å². The van der Waals surface area contributed by atoms with Crippen molar-refractivity contribution >= 4 is 5.91 Å². The number of ether oxygens (including phenoxy) is 1. The molecule has 1 aromatic carbocycles. The van der Waals surface area contributed by atoms with Crippen LogP contribution in [0.25, 0.3) is 0 Å². The Hall–Kier alpha value is -2.14. The average molecular weight is 339 g/mol. The summed E-state index contributed by atoms with van der Waals surface area (Å²) in [6, 6.07) is 10.6. The van der Waals surface area contributed by atoms with Gasteiger partial charge in [0, 0.05) is 38.7 Å². The number of rotatable bonds is 3. The molecule has 2 aromatic rings. The third-order valence-electron chi connectivity index (χ3n) is 5.71. The zero-order valence-corrected chi connectivity index (χ0v) is 14.5. The highest BCUT2D eigenvalue weighted by atomic mass is 16.5. The Morgan fingerprint density at radius 3 is 2.72 bits per heavy atom. The van der Waals surface area contributed by atoms with Crippen molar-refractivity contribution in [2.45, 2.75) is 37.1 Å². The van der Waals surface area contributed by atoms with E-state index < -0.39 is 5.41 Å². The van der Waals surface area contributed by atoms with Crippen LogP contribution in [0.5, 0.6) is 0 Å². The Kier molecular flexibility index (Phi) is 4.57. The van der Waals surface area contributed by atoms with Gasteiger partial charge < -0.3 is 14.2 Å². The molecule has 1 aromatic heterocycles. The Labute approximate surface area is 148 Å². The molecule has 0 radical (unpaired) electrons. The second kappa shape index (κ2) is 7.00. The summed E-state index contributed by atoms with van der Waals surface area (Å²) >= 11 is 0. The summed E-state index contributed by atoms with van der Waals surface area (Å²) < 4.78 is 7.72. The summed E-state index contributed by atoms with van der Waals surface area (Å²) in [5.41, 5.74) is 0.698. The molecular formula is C20H25N3O2. The van der Waals surface area contributed by atoms with Crippen molar-refractivity contribution in [3.8, 4) is 0 Å². The van der Waals surface area contributed by atoms with Crippen LogP contribution in [0.2, 0.25) is 0 Å². The highest BCUT2D eigenvalue weighted by Gasteiger charge is 2.44. The van der Waals surface area contributed by atoms with E-state index in [0.717, 1.165) is 44.3 Å². The predicted molar refractivity (Wildman–Crippen MR) is 95.3 cm³/mol. The fourth-order valence-corrected chi connectivity index (χ4v) is 4.27. The Balaban J connectivity index is 1.60. The third-order valence-corrected chi connectivity index (χ3v) is 5.71. The van der Waals surface area contributed by atoms with Crippen LogP contribution in [0.15, 0.2) is 49.1 Å². The number of carbonyl (C=O) groups is 1. The van der Waals surface area contributed by atoms with Crippen LogP contribution in [0, 0.1) is 0 Å². The number of hydrogen-bond acceptors (Lipinski definition) is 3. The lowest BCUT2D eigenvalue weighted by Crippen LogP contribution is -2.52. The summed E-state index contributed by atoms with van der Waals surface area (Å²) in [4.78, 5) is 19.9. The Bertz CT molecular complexity index is 693. The van der Waals surface area contributed by atoms with E-state index >= 15 is 0 Å². The van der Waals surface area contributed by atoms with Crippen LogP contribution in [-0.4, -0.2) is 46.7 Å². The van der Waals surface area contributed by atoms with Crippen molar-refractivity contribution in [3.63, 3.8) is 0 Å². The molecule has 0 saturated carbocycles. The first kappa shape index (κ1) is 16.3. The van der Waals surface area contributed by atoms with Crippen LogP contribution in [0.4, 0.5) is 0 Å². The van der Waals surface area contributed by atoms with E-state index in [1.807, 2.05) is 36.9 Å². The van der Waals surface area contributed by atoms with Crippen LogP contribution in [0.1, 0.15) is 37.3 Å². The van der Waals surface area contributed by atoms with Gasteiger partial charge in [0.2, 0.25) is 5.91 Å². The summed E-state index contributed by atoms with van der Waals surface area (Å²) in [5, 5.41) is 0. The van der Waals surface area contributed by atoms with Gasteiger partial charge in [-0.25, -0.2) is 4.98 Å². The molecule has 0 N–H and O–H groups in total. The van der Waals surface area contributed by atoms with Crippen molar-refractivity contribution in [2.75, 3.05) is 26.3 Å². The average Bonchev–Trinajstić information content (AvgIpc) is 3.24. The summed E-state index contributed by atoms with van der Waals surface area (Å²) in [5.74, 6) is 0.270. The van der Waals surface area contributed by atoms with Gasteiger partial charge in [-0.1, -0.05) is 30.3 Å². The standard InChI is InChI=1S/C20H25N3O2/c24-19(22-11-4-7-18(15-22)23-12-10-21-16-23)20(8-13-25-14-9-20)17-5-2-1-3-6-17/h1-3,5-6,10,12,16,18H,4,7-9,11,13-15H2. The minimum atomic E-state index is -0.434. The molecular weight excluding hydrogens is 314 g/mol. The summed E-state index contributed by atoms with van der Waals surface area (Å²) in [6.45, 7) is 2.92. The number of benzene rings is 1. The topological polar surface area (TPSA) is 47.4 Å². The predicted octanol–water partition coefficient (Wildman–Crippen LogP) is 2.80. The number of carbonyl (C=O) groups excluding carboxylic acids is 1. The number of piperidine rings is 1. The molecule has 2 aliphatic rings. The van der Waals surface area contributed by atoms with E-state index in [1.54, 1.807) is 0 Å². The molecule has 5 heteroatoms. The van der Waals surface area contributed by atoms with E-state index in [-0.39, 0.29) is 5.91 Å². The normalized spacial score (nSPS) is 23.4. The van der Waals surface area contributed by atoms with E-state index in [0.29, 0.717) is 19.3 Å². The molecule has 25 heavy (non-hydrogen) atoms.